The molecule has 0 saturated carbocycles. The summed E-state index contributed by atoms with van der Waals surface area (Å²) in [6, 6.07) is 0. The fraction of sp³-hybridized carbons (Fsp3) is 0.867. The minimum atomic E-state index is -0.814. The van der Waals surface area contributed by atoms with Crippen LogP contribution in [-0.2, 0) is 14.3 Å². The van der Waals surface area contributed by atoms with E-state index in [2.05, 4.69) is 5.32 Å². The van der Waals surface area contributed by atoms with E-state index in [1.807, 2.05) is 0 Å². The number of nitrogens with zero attached hydrogens (tertiary/aromatic N) is 1. The van der Waals surface area contributed by atoms with Gasteiger partial charge in [0.25, 0.3) is 0 Å². The highest BCUT2D eigenvalue weighted by Crippen LogP contribution is 2.29. The fourth-order valence-corrected chi connectivity index (χ4v) is 3.06. The second-order valence-corrected chi connectivity index (χ2v) is 6.35. The van der Waals surface area contributed by atoms with Gasteiger partial charge in [-0.05, 0) is 45.7 Å². The number of carboxylic acid groups (broad SMARTS) is 1. The van der Waals surface area contributed by atoms with Crippen molar-refractivity contribution in [1.29, 1.82) is 0 Å². The van der Waals surface area contributed by atoms with Gasteiger partial charge >= 0.3 is 5.97 Å². The molecule has 0 radical (unpaired) electrons. The third-order valence-corrected chi connectivity index (χ3v) is 4.52. The van der Waals surface area contributed by atoms with Crippen molar-refractivity contribution >= 4 is 11.9 Å². The molecule has 6 nitrogen and oxygen atoms in total. The van der Waals surface area contributed by atoms with E-state index in [0.29, 0.717) is 32.5 Å². The maximum atomic E-state index is 12.2. The topological polar surface area (TPSA) is 78.9 Å². The first kappa shape index (κ1) is 16.2. The van der Waals surface area contributed by atoms with Gasteiger partial charge in [-0.3, -0.25) is 9.59 Å². The average molecular weight is 298 g/mol. The molecule has 2 N–H and O–H groups in total. The predicted molar refractivity (Wildman–Crippen MR) is 78.0 cm³/mol. The number of carbonyl (C=O) groups excluding carboxylic acids is 1. The molecule has 2 saturated heterocycles. The van der Waals surface area contributed by atoms with Crippen LogP contribution in [0.2, 0.25) is 0 Å². The van der Waals surface area contributed by atoms with Crippen LogP contribution in [0.5, 0.6) is 0 Å². The Hall–Kier alpha value is -1.14. The van der Waals surface area contributed by atoms with Crippen molar-refractivity contribution in [3.63, 3.8) is 0 Å². The summed E-state index contributed by atoms with van der Waals surface area (Å²) in [4.78, 5) is 25.2. The molecule has 2 fully saturated rings. The van der Waals surface area contributed by atoms with Crippen LogP contribution in [0.25, 0.3) is 0 Å². The van der Waals surface area contributed by atoms with Crippen molar-refractivity contribution in [2.45, 2.75) is 45.1 Å². The van der Waals surface area contributed by atoms with Gasteiger partial charge in [0.15, 0.2) is 0 Å². The van der Waals surface area contributed by atoms with Crippen LogP contribution < -0.4 is 5.32 Å². The van der Waals surface area contributed by atoms with Crippen molar-refractivity contribution in [3.05, 3.63) is 0 Å². The van der Waals surface area contributed by atoms with Crippen LogP contribution in [0.4, 0.5) is 0 Å². The Morgan fingerprint density at radius 3 is 2.76 bits per heavy atom. The number of hydrogen-bond acceptors (Lipinski definition) is 4. The highest BCUT2D eigenvalue weighted by molar-refractivity contribution is 5.79. The number of carbonyl (C=O) groups is 2. The molecule has 0 spiro atoms. The molecule has 6 heteroatoms. The monoisotopic (exact) mass is 298 g/mol. The Morgan fingerprint density at radius 1 is 1.38 bits per heavy atom. The molecular weight excluding hydrogens is 272 g/mol. The second kappa shape index (κ2) is 7.22. The number of rotatable bonds is 5. The zero-order chi connectivity index (χ0) is 15.3. The van der Waals surface area contributed by atoms with Gasteiger partial charge in [-0.2, -0.15) is 0 Å². The van der Waals surface area contributed by atoms with E-state index < -0.39 is 11.4 Å². The fourth-order valence-electron chi connectivity index (χ4n) is 3.06. The molecule has 0 bridgehead atoms. The molecule has 1 unspecified atom stereocenters. The van der Waals surface area contributed by atoms with E-state index in [-0.39, 0.29) is 12.0 Å². The van der Waals surface area contributed by atoms with Gasteiger partial charge in [-0.25, -0.2) is 0 Å². The first-order chi connectivity index (χ1) is 10.0. The molecular formula is C15H26N2O4. The van der Waals surface area contributed by atoms with E-state index in [4.69, 9.17) is 4.74 Å². The van der Waals surface area contributed by atoms with Crippen molar-refractivity contribution in [1.82, 2.24) is 10.2 Å². The Labute approximate surface area is 125 Å². The number of hydrogen-bond donors (Lipinski definition) is 2. The van der Waals surface area contributed by atoms with Gasteiger partial charge in [0.05, 0.1) is 24.5 Å². The van der Waals surface area contributed by atoms with Crippen LogP contribution in [0, 0.1) is 5.41 Å². The lowest BCUT2D eigenvalue weighted by molar-refractivity contribution is -0.153. The van der Waals surface area contributed by atoms with E-state index in [0.717, 1.165) is 32.4 Å². The van der Waals surface area contributed by atoms with E-state index in [9.17, 15) is 14.7 Å². The van der Waals surface area contributed by atoms with Gasteiger partial charge in [0, 0.05) is 13.1 Å². The first-order valence-electron chi connectivity index (χ1n) is 7.85. The van der Waals surface area contributed by atoms with Crippen molar-refractivity contribution in [2.24, 2.45) is 5.41 Å². The van der Waals surface area contributed by atoms with Crippen molar-refractivity contribution in [3.8, 4) is 0 Å². The number of nitrogens with one attached hydrogen (secondary N) is 1. The molecule has 2 heterocycles. The largest absolute Gasteiger partial charge is 0.481 e. The number of likely N-dealkylation sites (tertiary alicyclic amines) is 1. The summed E-state index contributed by atoms with van der Waals surface area (Å²) in [6.07, 6.45) is 3.98. The van der Waals surface area contributed by atoms with Crippen LogP contribution in [-0.4, -0.2) is 60.8 Å². The third kappa shape index (κ3) is 4.41. The van der Waals surface area contributed by atoms with Crippen LogP contribution in [0.1, 0.15) is 39.0 Å². The lowest BCUT2D eigenvalue weighted by Gasteiger charge is -2.37. The first-order valence-corrected chi connectivity index (χ1v) is 7.85. The molecule has 2 rings (SSSR count). The predicted octanol–water partition coefficient (Wildman–Crippen LogP) is 0.858. The lowest BCUT2D eigenvalue weighted by Crippen LogP contribution is -2.48. The van der Waals surface area contributed by atoms with Crippen molar-refractivity contribution in [2.75, 3.05) is 32.8 Å². The molecule has 120 valence electrons. The SMILES string of the molecule is CC1(C(=O)O)CCCN(C(=O)CCOC2CCNCC2)C1. The standard InChI is InChI=1S/C15H26N2O4/c1-15(14(19)20)6-2-9-17(11-15)13(18)5-10-21-12-3-7-16-8-4-12/h12,16H,2-11H2,1H3,(H,19,20). The summed E-state index contributed by atoms with van der Waals surface area (Å²) in [6.45, 7) is 5.08. The molecule has 0 aromatic carbocycles. The quantitative estimate of drug-likeness (QED) is 0.787. The van der Waals surface area contributed by atoms with E-state index in [1.54, 1.807) is 11.8 Å². The summed E-state index contributed by atoms with van der Waals surface area (Å²) in [5.74, 6) is -0.804. The number of amides is 1. The Balaban J connectivity index is 1.73. The molecule has 21 heavy (non-hydrogen) atoms. The summed E-state index contributed by atoms with van der Waals surface area (Å²) in [5.41, 5.74) is -0.802. The second-order valence-electron chi connectivity index (χ2n) is 6.35. The molecule has 0 aromatic rings. The Kier molecular flexibility index (Phi) is 5.58. The minimum absolute atomic E-state index is 0.0103. The van der Waals surface area contributed by atoms with Crippen LogP contribution in [0.15, 0.2) is 0 Å². The number of aliphatic carboxylic acids is 1. The smallest absolute Gasteiger partial charge is 0.311 e. The van der Waals surface area contributed by atoms with Gasteiger partial charge in [-0.15, -0.1) is 0 Å². The molecule has 2 aliphatic rings. The van der Waals surface area contributed by atoms with Gasteiger partial charge < -0.3 is 20.1 Å². The number of carboxylic acids is 1. The zero-order valence-corrected chi connectivity index (χ0v) is 12.8. The third-order valence-electron chi connectivity index (χ3n) is 4.52. The Morgan fingerprint density at radius 2 is 2.10 bits per heavy atom. The Bertz CT molecular complexity index is 382. The van der Waals surface area contributed by atoms with Gasteiger partial charge in [-0.1, -0.05) is 0 Å². The number of piperidine rings is 2. The average Bonchev–Trinajstić information content (AvgIpc) is 2.48. The minimum Gasteiger partial charge on any atom is -0.481 e. The van der Waals surface area contributed by atoms with E-state index in [1.165, 1.54) is 0 Å². The summed E-state index contributed by atoms with van der Waals surface area (Å²) in [5, 5.41) is 12.5. The summed E-state index contributed by atoms with van der Waals surface area (Å²) in [7, 11) is 0. The summed E-state index contributed by atoms with van der Waals surface area (Å²) < 4.78 is 5.74. The molecule has 1 amide bonds. The number of ether oxygens (including phenoxy) is 1. The van der Waals surface area contributed by atoms with Gasteiger partial charge in [0.2, 0.25) is 5.91 Å². The van der Waals surface area contributed by atoms with Crippen LogP contribution >= 0.6 is 0 Å². The molecule has 2 aliphatic heterocycles. The zero-order valence-electron chi connectivity index (χ0n) is 12.8. The van der Waals surface area contributed by atoms with Crippen LogP contribution in [0.3, 0.4) is 0 Å². The maximum absolute atomic E-state index is 12.2. The van der Waals surface area contributed by atoms with Crippen molar-refractivity contribution < 1.29 is 19.4 Å². The van der Waals surface area contributed by atoms with Gasteiger partial charge in [0.1, 0.15) is 0 Å². The highest BCUT2D eigenvalue weighted by atomic mass is 16.5. The highest BCUT2D eigenvalue weighted by Gasteiger charge is 2.39. The molecule has 0 aromatic heterocycles. The lowest BCUT2D eigenvalue weighted by atomic mass is 9.82. The maximum Gasteiger partial charge on any atom is 0.311 e. The van der Waals surface area contributed by atoms with E-state index >= 15 is 0 Å². The summed E-state index contributed by atoms with van der Waals surface area (Å²) >= 11 is 0. The molecule has 0 aliphatic carbocycles. The normalized spacial score (nSPS) is 27.6. The molecule has 1 atom stereocenters.